The van der Waals surface area contributed by atoms with E-state index >= 15 is 0 Å². The maximum Gasteiger partial charge on any atom is 0.323 e. The number of fused-ring (bicyclic) bond motifs is 9. The summed E-state index contributed by atoms with van der Waals surface area (Å²) in [6.07, 6.45) is 0.832. The van der Waals surface area contributed by atoms with Crippen LogP contribution in [-0.4, -0.2) is 44.6 Å². The van der Waals surface area contributed by atoms with Gasteiger partial charge in [-0.3, -0.25) is 24.1 Å². The zero-order valence-corrected chi connectivity index (χ0v) is 15.9. The van der Waals surface area contributed by atoms with E-state index in [1.807, 2.05) is 0 Å². The number of aliphatic carboxylic acids is 1. The molecule has 1 aromatic heterocycles. The molecule has 1 aromatic rings. The van der Waals surface area contributed by atoms with Crippen molar-refractivity contribution in [1.29, 1.82) is 0 Å². The predicted octanol–water partition coefficient (Wildman–Crippen LogP) is 1.14. The number of rotatable bonds is 2. The Bertz CT molecular complexity index is 918. The average molecular weight is 394 g/mol. The summed E-state index contributed by atoms with van der Waals surface area (Å²) in [5.41, 5.74) is -0.247. The molecule has 2 amide bonds. The second-order valence-electron chi connectivity index (χ2n) is 8.27. The van der Waals surface area contributed by atoms with Gasteiger partial charge in [-0.2, -0.15) is 0 Å². The van der Waals surface area contributed by atoms with Crippen LogP contribution in [0.15, 0.2) is 9.82 Å². The smallest absolute Gasteiger partial charge is 0.323 e. The molecule has 7 nitrogen and oxygen atoms in total. The van der Waals surface area contributed by atoms with Crippen LogP contribution in [0.5, 0.6) is 0 Å². The number of nitrogens with zero attached hydrogens (tertiary/aromatic N) is 1. The van der Waals surface area contributed by atoms with Crippen LogP contribution in [0.25, 0.3) is 0 Å². The van der Waals surface area contributed by atoms with Crippen LogP contribution in [0.4, 0.5) is 0 Å². The van der Waals surface area contributed by atoms with Crippen LogP contribution in [0.2, 0.25) is 0 Å². The van der Waals surface area contributed by atoms with Gasteiger partial charge in [0.2, 0.25) is 11.8 Å². The Morgan fingerprint density at radius 1 is 1.23 bits per heavy atom. The summed E-state index contributed by atoms with van der Waals surface area (Å²) in [6.45, 7) is 3.70. The van der Waals surface area contributed by atoms with Crippen molar-refractivity contribution in [2.24, 2.45) is 29.6 Å². The van der Waals surface area contributed by atoms with Crippen molar-refractivity contribution in [3.63, 3.8) is 0 Å². The van der Waals surface area contributed by atoms with E-state index in [0.717, 1.165) is 21.2 Å². The normalized spacial score (nSPS) is 39.1. The molecule has 5 rings (SSSR count). The highest BCUT2D eigenvalue weighted by molar-refractivity contribution is 8.00. The number of hydrogen-bond acceptors (Lipinski definition) is 6. The molecule has 2 aliphatic carbocycles. The number of aromatic nitrogens is 1. The molecule has 2 bridgehead atoms. The molecule has 3 heterocycles. The first-order valence-electron chi connectivity index (χ1n) is 8.69. The van der Waals surface area contributed by atoms with Crippen LogP contribution < -0.4 is 4.87 Å². The molecule has 4 aliphatic rings. The van der Waals surface area contributed by atoms with Crippen LogP contribution in [0, 0.1) is 29.6 Å². The number of thiazole rings is 1. The summed E-state index contributed by atoms with van der Waals surface area (Å²) in [5.74, 6) is -2.26. The maximum absolute atomic E-state index is 12.8. The van der Waals surface area contributed by atoms with Gasteiger partial charge in [-0.15, -0.1) is 11.8 Å². The van der Waals surface area contributed by atoms with Gasteiger partial charge in [0.05, 0.1) is 16.9 Å². The fourth-order valence-electron chi connectivity index (χ4n) is 6.01. The highest BCUT2D eigenvalue weighted by atomic mass is 32.2. The first kappa shape index (κ1) is 16.6. The molecule has 0 radical (unpaired) electrons. The van der Waals surface area contributed by atoms with E-state index in [2.05, 4.69) is 18.8 Å². The summed E-state index contributed by atoms with van der Waals surface area (Å²) in [7, 11) is 0. The number of likely N-dealkylation sites (tertiary alicyclic amines) is 1. The molecular formula is C17H18N2O5S2. The summed E-state index contributed by atoms with van der Waals surface area (Å²) < 4.78 is 0. The predicted molar refractivity (Wildman–Crippen MR) is 94.0 cm³/mol. The fraction of sp³-hybridized carbons (Fsp3) is 0.647. The lowest BCUT2D eigenvalue weighted by molar-refractivity contribution is -0.149. The van der Waals surface area contributed by atoms with Crippen LogP contribution in [0.1, 0.15) is 25.1 Å². The maximum atomic E-state index is 12.8. The van der Waals surface area contributed by atoms with Gasteiger partial charge in [-0.05, 0) is 24.2 Å². The van der Waals surface area contributed by atoms with Gasteiger partial charge in [-0.1, -0.05) is 25.2 Å². The Morgan fingerprint density at radius 2 is 1.88 bits per heavy atom. The van der Waals surface area contributed by atoms with Gasteiger partial charge >= 0.3 is 10.8 Å². The molecule has 0 spiro atoms. The Morgan fingerprint density at radius 3 is 2.54 bits per heavy atom. The third kappa shape index (κ3) is 1.85. The number of carbonyl (C=O) groups is 3. The van der Waals surface area contributed by atoms with E-state index in [4.69, 9.17) is 5.11 Å². The third-order valence-electron chi connectivity index (χ3n) is 6.78. The van der Waals surface area contributed by atoms with Crippen LogP contribution in [-0.2, 0) is 19.8 Å². The zero-order valence-electron chi connectivity index (χ0n) is 14.2. The van der Waals surface area contributed by atoms with Gasteiger partial charge in [-0.25, -0.2) is 0 Å². The van der Waals surface area contributed by atoms with Crippen molar-refractivity contribution in [3.05, 3.63) is 14.5 Å². The molecule has 26 heavy (non-hydrogen) atoms. The molecule has 2 saturated carbocycles. The van der Waals surface area contributed by atoms with Gasteiger partial charge in [0, 0.05) is 15.5 Å². The number of carboxylic acid groups (broad SMARTS) is 1. The highest BCUT2D eigenvalue weighted by Crippen LogP contribution is 2.68. The third-order valence-corrected chi connectivity index (χ3v) is 9.58. The SMILES string of the molecule is CC1(C)c2sc(=O)[nH]c2S[C@H]2[C@@H]3C[C@H]([C@H]4C(=O)N(CC(=O)O)C(=O)[C@H]34)[C@@H]21. The lowest BCUT2D eigenvalue weighted by Gasteiger charge is -2.47. The van der Waals surface area contributed by atoms with Crippen molar-refractivity contribution in [2.75, 3.05) is 6.54 Å². The van der Waals surface area contributed by atoms with Crippen molar-refractivity contribution >= 4 is 40.9 Å². The number of nitrogens with one attached hydrogen (secondary N) is 1. The first-order chi connectivity index (χ1) is 12.2. The monoisotopic (exact) mass is 394 g/mol. The standard InChI is InChI=1S/C17H18N2O5S2/c1-17(2)10-5-3-6(11(10)25-13-12(17)26-16(24)18-13)9-8(5)14(22)19(15(9)23)4-7(20)21/h5-6,8-11H,3-4H2,1-2H3,(H,18,24)(H,20,21)/t5-,6-,8-,9-,10+,11+/m1/s1. The van der Waals surface area contributed by atoms with E-state index in [1.54, 1.807) is 11.8 Å². The minimum atomic E-state index is -1.16. The van der Waals surface area contributed by atoms with E-state index in [9.17, 15) is 19.2 Å². The van der Waals surface area contributed by atoms with E-state index < -0.39 is 24.3 Å². The molecule has 0 unspecified atom stereocenters. The number of carboxylic acids is 1. The lowest BCUT2D eigenvalue weighted by atomic mass is 9.64. The minimum absolute atomic E-state index is 0.0612. The number of thioether (sulfide) groups is 1. The molecular weight excluding hydrogens is 376 g/mol. The van der Waals surface area contributed by atoms with Crippen LogP contribution >= 0.6 is 23.1 Å². The average Bonchev–Trinajstić information content (AvgIpc) is 3.25. The molecule has 3 fully saturated rings. The van der Waals surface area contributed by atoms with Crippen molar-refractivity contribution in [3.8, 4) is 0 Å². The number of amides is 2. The number of imide groups is 1. The Balaban J connectivity index is 1.57. The molecule has 9 heteroatoms. The van der Waals surface area contributed by atoms with Gasteiger partial charge in [0.1, 0.15) is 6.54 Å². The van der Waals surface area contributed by atoms with E-state index in [1.165, 1.54) is 11.3 Å². The molecule has 138 valence electrons. The largest absolute Gasteiger partial charge is 0.480 e. The summed E-state index contributed by atoms with van der Waals surface area (Å²) in [5, 5.41) is 10.1. The molecule has 2 N–H and O–H groups in total. The van der Waals surface area contributed by atoms with Crippen LogP contribution in [0.3, 0.4) is 0 Å². The van der Waals surface area contributed by atoms with Gasteiger partial charge in [0.15, 0.2) is 0 Å². The first-order valence-corrected chi connectivity index (χ1v) is 10.4. The topological polar surface area (TPSA) is 108 Å². The zero-order chi connectivity index (χ0) is 18.5. The fourth-order valence-corrected chi connectivity index (χ4v) is 9.16. The highest BCUT2D eigenvalue weighted by Gasteiger charge is 2.70. The molecule has 0 aromatic carbocycles. The summed E-state index contributed by atoms with van der Waals surface area (Å²) in [4.78, 5) is 53.4. The van der Waals surface area contributed by atoms with Crippen molar-refractivity contribution < 1.29 is 19.5 Å². The van der Waals surface area contributed by atoms with Crippen molar-refractivity contribution in [2.45, 2.75) is 36.0 Å². The molecule has 2 aliphatic heterocycles. The van der Waals surface area contributed by atoms with Gasteiger partial charge in [0.25, 0.3) is 0 Å². The summed E-state index contributed by atoms with van der Waals surface area (Å²) >= 11 is 2.87. The Labute approximate surface area is 157 Å². The Hall–Kier alpha value is -1.61. The number of hydrogen-bond donors (Lipinski definition) is 2. The second-order valence-corrected chi connectivity index (χ2v) is 10.4. The molecule has 1 saturated heterocycles. The Kier molecular flexibility index (Phi) is 3.19. The number of H-pyrrole nitrogens is 1. The minimum Gasteiger partial charge on any atom is -0.480 e. The van der Waals surface area contributed by atoms with E-state index in [0.29, 0.717) is 0 Å². The van der Waals surface area contributed by atoms with Crippen molar-refractivity contribution in [1.82, 2.24) is 9.88 Å². The number of carbonyl (C=O) groups excluding carboxylic acids is 2. The summed E-state index contributed by atoms with van der Waals surface area (Å²) in [6, 6.07) is 0. The van der Waals surface area contributed by atoms with E-state index in [-0.39, 0.29) is 45.1 Å². The van der Waals surface area contributed by atoms with Gasteiger partial charge < -0.3 is 10.1 Å². The number of aromatic amines is 1. The second kappa shape index (κ2) is 5.01. The quantitative estimate of drug-likeness (QED) is 0.729. The lowest BCUT2D eigenvalue weighted by Crippen LogP contribution is -2.48. The molecule has 6 atom stereocenters.